The largest absolute Gasteiger partial charge is 0.481 e. The van der Waals surface area contributed by atoms with Crippen LogP contribution in [0.1, 0.15) is 0 Å². The van der Waals surface area contributed by atoms with Crippen LogP contribution in [0.5, 0.6) is 0 Å². The first-order valence-corrected chi connectivity index (χ1v) is 7.86. The summed E-state index contributed by atoms with van der Waals surface area (Å²) >= 11 is 7.17. The van der Waals surface area contributed by atoms with Crippen molar-refractivity contribution in [3.8, 4) is 0 Å². The van der Waals surface area contributed by atoms with E-state index in [0.717, 1.165) is 35.2 Å². The van der Waals surface area contributed by atoms with E-state index >= 15 is 0 Å². The quantitative estimate of drug-likeness (QED) is 0.553. The normalized spacial score (nSPS) is 10.3. The van der Waals surface area contributed by atoms with Gasteiger partial charge in [0.2, 0.25) is 5.13 Å². The average Bonchev–Trinajstić information content (AvgIpc) is 2.88. The Morgan fingerprint density at radius 1 is 1.32 bits per heavy atom. The van der Waals surface area contributed by atoms with E-state index < -0.39 is 17.6 Å². The Balaban J connectivity index is 1.91. The molecule has 0 aliphatic carbocycles. The molecule has 1 aromatic heterocycles. The number of carboxylic acids is 1. The summed E-state index contributed by atoms with van der Waals surface area (Å²) in [5.74, 6) is -3.01. The maximum Gasteiger partial charge on any atom is 0.313 e. The van der Waals surface area contributed by atoms with Crippen LogP contribution in [0.3, 0.4) is 0 Å². The van der Waals surface area contributed by atoms with Crippen molar-refractivity contribution in [2.75, 3.05) is 16.4 Å². The average molecular weight is 362 g/mol. The number of anilines is 2. The highest BCUT2D eigenvalue weighted by Gasteiger charge is 2.09. The van der Waals surface area contributed by atoms with Crippen LogP contribution in [-0.2, 0) is 4.79 Å². The number of halogens is 2. The zero-order valence-corrected chi connectivity index (χ0v) is 13.1. The van der Waals surface area contributed by atoms with Crippen molar-refractivity contribution >= 4 is 57.2 Å². The Morgan fingerprint density at radius 2 is 2.09 bits per heavy atom. The topological polar surface area (TPSA) is 87.1 Å². The summed E-state index contributed by atoms with van der Waals surface area (Å²) in [5, 5.41) is 22.0. The molecule has 0 unspecified atom stereocenters. The van der Waals surface area contributed by atoms with E-state index in [1.807, 2.05) is 0 Å². The fourth-order valence-corrected chi connectivity index (χ4v) is 3.03. The first-order chi connectivity index (χ1) is 10.4. The van der Waals surface area contributed by atoms with Crippen LogP contribution in [0.15, 0.2) is 22.5 Å². The monoisotopic (exact) mass is 362 g/mol. The molecule has 11 heteroatoms. The molecule has 0 aliphatic heterocycles. The van der Waals surface area contributed by atoms with Crippen LogP contribution in [0, 0.1) is 11.6 Å². The van der Waals surface area contributed by atoms with Crippen molar-refractivity contribution in [3.63, 3.8) is 0 Å². The summed E-state index contributed by atoms with van der Waals surface area (Å²) in [6.45, 7) is 0. The molecule has 1 heterocycles. The van der Waals surface area contributed by atoms with E-state index in [-0.39, 0.29) is 16.6 Å². The Kier molecular flexibility index (Phi) is 5.57. The number of rotatable bonds is 5. The minimum Gasteiger partial charge on any atom is -0.481 e. The molecule has 22 heavy (non-hydrogen) atoms. The number of nitrogens with zero attached hydrogens (tertiary/aromatic N) is 2. The molecule has 6 nitrogen and oxygen atoms in total. The molecule has 0 saturated heterocycles. The molecule has 1 aromatic carbocycles. The van der Waals surface area contributed by atoms with Gasteiger partial charge in [-0.3, -0.25) is 4.79 Å². The molecule has 0 amide bonds. The molecule has 116 valence electrons. The number of carbonyl (C=O) groups is 1. The molecule has 2 aromatic rings. The van der Waals surface area contributed by atoms with Crippen LogP contribution in [-0.4, -0.2) is 32.1 Å². The summed E-state index contributed by atoms with van der Waals surface area (Å²) < 4.78 is 26.3. The van der Waals surface area contributed by atoms with Gasteiger partial charge in [-0.05, 0) is 24.4 Å². The number of aromatic nitrogens is 2. The molecule has 0 aliphatic rings. The van der Waals surface area contributed by atoms with Crippen LogP contribution in [0.2, 0.25) is 0 Å². The van der Waals surface area contributed by atoms with Crippen molar-refractivity contribution in [2.24, 2.45) is 0 Å². The van der Waals surface area contributed by atoms with Gasteiger partial charge in [-0.2, -0.15) is 0 Å². The lowest BCUT2D eigenvalue weighted by atomic mass is 10.3. The van der Waals surface area contributed by atoms with Crippen molar-refractivity contribution < 1.29 is 18.7 Å². The second-order valence-electron chi connectivity index (χ2n) is 3.76. The Bertz CT molecular complexity index is 710. The molecule has 0 atom stereocenters. The highest BCUT2D eigenvalue weighted by Crippen LogP contribution is 2.25. The van der Waals surface area contributed by atoms with Crippen molar-refractivity contribution in [3.05, 3.63) is 29.8 Å². The number of thiocarbonyl (C=S) groups is 1. The van der Waals surface area contributed by atoms with Gasteiger partial charge >= 0.3 is 5.97 Å². The van der Waals surface area contributed by atoms with Crippen LogP contribution in [0.25, 0.3) is 0 Å². The Morgan fingerprint density at radius 3 is 2.77 bits per heavy atom. The second-order valence-corrected chi connectivity index (χ2v) is 6.37. The van der Waals surface area contributed by atoms with Crippen molar-refractivity contribution in [1.29, 1.82) is 0 Å². The zero-order chi connectivity index (χ0) is 16.1. The van der Waals surface area contributed by atoms with Gasteiger partial charge < -0.3 is 15.7 Å². The molecule has 2 rings (SSSR count). The van der Waals surface area contributed by atoms with Gasteiger partial charge in [0, 0.05) is 11.8 Å². The highest BCUT2D eigenvalue weighted by atomic mass is 32.2. The number of thioether (sulfide) groups is 1. The number of benzene rings is 1. The Hall–Kier alpha value is -1.85. The minimum atomic E-state index is -0.990. The van der Waals surface area contributed by atoms with Gasteiger partial charge in [-0.25, -0.2) is 8.78 Å². The fourth-order valence-electron chi connectivity index (χ4n) is 1.28. The smallest absolute Gasteiger partial charge is 0.313 e. The third kappa shape index (κ3) is 4.86. The summed E-state index contributed by atoms with van der Waals surface area (Å²) in [6, 6.07) is 3.28. The van der Waals surface area contributed by atoms with E-state index in [4.69, 9.17) is 17.3 Å². The summed E-state index contributed by atoms with van der Waals surface area (Å²) in [7, 11) is 0. The number of carboxylic acid groups (broad SMARTS) is 1. The number of aliphatic carboxylic acids is 1. The van der Waals surface area contributed by atoms with E-state index in [0.29, 0.717) is 9.47 Å². The number of hydrogen-bond donors (Lipinski definition) is 3. The van der Waals surface area contributed by atoms with E-state index in [9.17, 15) is 13.6 Å². The van der Waals surface area contributed by atoms with E-state index in [1.165, 1.54) is 6.07 Å². The van der Waals surface area contributed by atoms with Gasteiger partial charge in [0.15, 0.2) is 21.1 Å². The fraction of sp³-hybridized carbons (Fsp3) is 0.0909. The van der Waals surface area contributed by atoms with Crippen molar-refractivity contribution in [1.82, 2.24) is 10.2 Å². The number of hydrogen-bond acceptors (Lipinski definition) is 6. The van der Waals surface area contributed by atoms with Crippen LogP contribution < -0.4 is 10.6 Å². The van der Waals surface area contributed by atoms with Gasteiger partial charge in [0.1, 0.15) is 0 Å². The lowest BCUT2D eigenvalue weighted by Gasteiger charge is -2.07. The minimum absolute atomic E-state index is 0.119. The predicted octanol–water partition coefficient (Wildman–Crippen LogP) is 2.80. The first-order valence-electron chi connectivity index (χ1n) is 5.65. The van der Waals surface area contributed by atoms with Gasteiger partial charge in [0.05, 0.1) is 5.75 Å². The second kappa shape index (κ2) is 7.42. The van der Waals surface area contributed by atoms with E-state index in [2.05, 4.69) is 20.8 Å². The van der Waals surface area contributed by atoms with Crippen molar-refractivity contribution in [2.45, 2.75) is 4.34 Å². The molecular formula is C11H8F2N4O2S3. The summed E-state index contributed by atoms with van der Waals surface area (Å²) in [6.07, 6.45) is 0. The van der Waals surface area contributed by atoms with Crippen LogP contribution in [0.4, 0.5) is 19.6 Å². The Labute approximate surface area is 136 Å². The molecule has 0 fully saturated rings. The maximum absolute atomic E-state index is 13.1. The summed E-state index contributed by atoms with van der Waals surface area (Å²) in [4.78, 5) is 10.4. The molecule has 0 saturated carbocycles. The molecule has 0 bridgehead atoms. The lowest BCUT2D eigenvalue weighted by Crippen LogP contribution is -2.19. The lowest BCUT2D eigenvalue weighted by molar-refractivity contribution is -0.133. The molecular weight excluding hydrogens is 354 g/mol. The molecule has 0 radical (unpaired) electrons. The maximum atomic E-state index is 13.1. The molecule has 0 spiro atoms. The van der Waals surface area contributed by atoms with Gasteiger partial charge in [-0.1, -0.05) is 23.1 Å². The standard InChI is InChI=1S/C11H8F2N4O2S3/c12-6-2-1-5(3-7(6)13)14-9(20)15-10-16-17-11(22-10)21-4-8(18)19/h1-3H,4H2,(H,18,19)(H2,14,15,16,20). The highest BCUT2D eigenvalue weighted by molar-refractivity contribution is 8.01. The summed E-state index contributed by atoms with van der Waals surface area (Å²) in [5.41, 5.74) is 0.279. The van der Waals surface area contributed by atoms with E-state index in [1.54, 1.807) is 0 Å². The SMILES string of the molecule is O=C(O)CSc1nnc(NC(=S)Nc2ccc(F)c(F)c2)s1. The van der Waals surface area contributed by atoms with Gasteiger partial charge in [0.25, 0.3) is 0 Å². The van der Waals surface area contributed by atoms with Gasteiger partial charge in [-0.15, -0.1) is 10.2 Å². The first kappa shape index (κ1) is 16.5. The number of nitrogens with one attached hydrogen (secondary N) is 2. The third-order valence-corrected chi connectivity index (χ3v) is 4.28. The molecule has 3 N–H and O–H groups in total. The predicted molar refractivity (Wildman–Crippen MR) is 84.5 cm³/mol. The van der Waals surface area contributed by atoms with Crippen LogP contribution >= 0.6 is 35.3 Å². The third-order valence-electron chi connectivity index (χ3n) is 2.12. The zero-order valence-electron chi connectivity index (χ0n) is 10.7.